The van der Waals surface area contributed by atoms with Crippen molar-refractivity contribution < 1.29 is 56.3 Å². The molecule has 2 aromatic rings. The van der Waals surface area contributed by atoms with Crippen LogP contribution in [0.2, 0.25) is 0 Å². The molecule has 1 aliphatic rings. The third kappa shape index (κ3) is 11.0. The Hall–Kier alpha value is -4.04. The lowest BCUT2D eigenvalue weighted by Gasteiger charge is -2.26. The highest BCUT2D eigenvalue weighted by Crippen LogP contribution is 2.40. The first kappa shape index (κ1) is 38.4. The number of carbonyl (C=O) groups excluding carboxylic acids is 2. The molecule has 2 aromatic carbocycles. The van der Waals surface area contributed by atoms with Crippen LogP contribution in [0, 0.1) is 0 Å². The van der Waals surface area contributed by atoms with Gasteiger partial charge in [0.25, 0.3) is 5.92 Å². The molecule has 1 atom stereocenters. The van der Waals surface area contributed by atoms with Gasteiger partial charge < -0.3 is 43.2 Å². The number of ether oxygens (including phenoxy) is 8. The molecule has 14 heteroatoms. The number of carbonyl (C=O) groups is 2. The summed E-state index contributed by atoms with van der Waals surface area (Å²) >= 11 is 0. The van der Waals surface area contributed by atoms with Gasteiger partial charge in [0.2, 0.25) is 11.5 Å². The molecule has 3 rings (SSSR count). The minimum absolute atomic E-state index is 0.154. The number of esters is 2. The summed E-state index contributed by atoms with van der Waals surface area (Å²) in [4.78, 5) is 27.8. The molecular weight excluding hydrogens is 634 g/mol. The number of benzene rings is 2. The Bertz CT molecular complexity index is 1360. The second-order valence-corrected chi connectivity index (χ2v) is 12.2. The first-order chi connectivity index (χ1) is 22.7. The van der Waals surface area contributed by atoms with Crippen molar-refractivity contribution in [2.24, 2.45) is 0 Å². The quantitative estimate of drug-likeness (QED) is 0.189. The van der Waals surface area contributed by atoms with Crippen LogP contribution >= 0.6 is 0 Å². The summed E-state index contributed by atoms with van der Waals surface area (Å²) in [5.41, 5.74) is -0.315. The number of alkyl halides is 2. The maximum Gasteiger partial charge on any atom is 0.338 e. The van der Waals surface area contributed by atoms with Crippen LogP contribution in [0.4, 0.5) is 8.78 Å². The van der Waals surface area contributed by atoms with Gasteiger partial charge in [0.1, 0.15) is 11.7 Å². The number of halogens is 2. The standard InChI is InChI=1S/C34H48F2N2O10/c1-33(2,3)48-32(40)23-18-27(43-6)30(45-8)28(19-23)46-15-9-10-24(11-13-38-14-12-37-20-34(35,36)21-38)47-31(39)22-16-25(41-4)29(44-7)26(17-22)42-5/h16-19,24,37H,9-15,20-21H2,1-8H3. The summed E-state index contributed by atoms with van der Waals surface area (Å²) in [6, 6.07) is 6.01. The van der Waals surface area contributed by atoms with Crippen LogP contribution in [0.3, 0.4) is 0 Å². The van der Waals surface area contributed by atoms with E-state index in [4.69, 9.17) is 37.9 Å². The number of methoxy groups -OCH3 is 5. The van der Waals surface area contributed by atoms with Gasteiger partial charge in [-0.15, -0.1) is 0 Å². The highest BCUT2D eigenvalue weighted by atomic mass is 19.3. The molecule has 268 valence electrons. The van der Waals surface area contributed by atoms with Gasteiger partial charge in [-0.2, -0.15) is 0 Å². The molecule has 0 amide bonds. The Morgan fingerprint density at radius 2 is 1.38 bits per heavy atom. The van der Waals surface area contributed by atoms with E-state index in [1.807, 2.05) is 0 Å². The summed E-state index contributed by atoms with van der Waals surface area (Å²) in [5.74, 6) is -2.33. The molecule has 0 aromatic heterocycles. The summed E-state index contributed by atoms with van der Waals surface area (Å²) in [6.07, 6.45) is 0.420. The first-order valence-electron chi connectivity index (χ1n) is 15.7. The predicted octanol–water partition coefficient (Wildman–Crippen LogP) is 5.00. The van der Waals surface area contributed by atoms with Gasteiger partial charge in [0.15, 0.2) is 23.0 Å². The lowest BCUT2D eigenvalue weighted by atomic mass is 10.1. The lowest BCUT2D eigenvalue weighted by Crippen LogP contribution is -2.39. The maximum atomic E-state index is 14.3. The zero-order chi connectivity index (χ0) is 35.5. The Labute approximate surface area is 280 Å². The first-order valence-corrected chi connectivity index (χ1v) is 15.7. The van der Waals surface area contributed by atoms with Gasteiger partial charge in [-0.3, -0.25) is 4.90 Å². The van der Waals surface area contributed by atoms with Gasteiger partial charge in [-0.05, 0) is 64.3 Å². The van der Waals surface area contributed by atoms with E-state index in [0.29, 0.717) is 43.9 Å². The van der Waals surface area contributed by atoms with Crippen molar-refractivity contribution in [2.45, 2.75) is 57.7 Å². The minimum atomic E-state index is -2.87. The fourth-order valence-electron chi connectivity index (χ4n) is 5.15. The molecule has 12 nitrogen and oxygen atoms in total. The molecule has 0 saturated carbocycles. The van der Waals surface area contributed by atoms with Crippen LogP contribution in [0.25, 0.3) is 0 Å². The summed E-state index contributed by atoms with van der Waals surface area (Å²) < 4.78 is 73.0. The Morgan fingerprint density at radius 3 is 1.92 bits per heavy atom. The molecule has 1 heterocycles. The maximum absolute atomic E-state index is 14.3. The van der Waals surface area contributed by atoms with Crippen LogP contribution in [0.1, 0.15) is 60.7 Å². The van der Waals surface area contributed by atoms with E-state index in [9.17, 15) is 18.4 Å². The third-order valence-electron chi connectivity index (χ3n) is 7.39. The number of rotatable bonds is 16. The van der Waals surface area contributed by atoms with Crippen molar-refractivity contribution >= 4 is 11.9 Å². The van der Waals surface area contributed by atoms with Crippen molar-refractivity contribution in [2.75, 3.05) is 74.9 Å². The normalized spacial score (nSPS) is 15.5. The molecule has 0 radical (unpaired) electrons. The minimum Gasteiger partial charge on any atom is -0.493 e. The van der Waals surface area contributed by atoms with Gasteiger partial charge in [0.05, 0.1) is 66.4 Å². The molecule has 1 aliphatic heterocycles. The number of hydrogen-bond acceptors (Lipinski definition) is 12. The molecular formula is C34H48F2N2O10. The van der Waals surface area contributed by atoms with Crippen LogP contribution in [-0.2, 0) is 9.47 Å². The topological polar surface area (TPSA) is 123 Å². The summed E-state index contributed by atoms with van der Waals surface area (Å²) in [7, 11) is 7.24. The number of nitrogens with zero attached hydrogens (tertiary/aromatic N) is 1. The monoisotopic (exact) mass is 682 g/mol. The van der Waals surface area contributed by atoms with Crippen LogP contribution in [0.15, 0.2) is 24.3 Å². The Kier molecular flexibility index (Phi) is 13.9. The van der Waals surface area contributed by atoms with Crippen LogP contribution < -0.4 is 33.7 Å². The SMILES string of the molecule is COc1cc(C(=O)OC(CCCOc2cc(C(=O)OC(C)(C)C)cc(OC)c2OC)CCN2CCNCC(F)(F)C2)cc(OC)c1OC. The van der Waals surface area contributed by atoms with Crippen molar-refractivity contribution in [3.05, 3.63) is 35.4 Å². The number of nitrogens with one attached hydrogen (secondary N) is 1. The average molecular weight is 683 g/mol. The van der Waals surface area contributed by atoms with E-state index in [-0.39, 0.29) is 53.8 Å². The molecule has 0 aliphatic carbocycles. The van der Waals surface area contributed by atoms with E-state index < -0.39 is 36.1 Å². The summed E-state index contributed by atoms with van der Waals surface area (Å²) in [5, 5.41) is 2.76. The molecule has 1 fully saturated rings. The molecule has 48 heavy (non-hydrogen) atoms. The third-order valence-corrected chi connectivity index (χ3v) is 7.39. The Balaban J connectivity index is 1.77. The fourth-order valence-corrected chi connectivity index (χ4v) is 5.15. The second-order valence-electron chi connectivity index (χ2n) is 12.2. The highest BCUT2D eigenvalue weighted by molar-refractivity contribution is 5.92. The van der Waals surface area contributed by atoms with E-state index in [1.165, 1.54) is 59.8 Å². The lowest BCUT2D eigenvalue weighted by molar-refractivity contribution is -0.0227. The highest BCUT2D eigenvalue weighted by Gasteiger charge is 2.34. The predicted molar refractivity (Wildman–Crippen MR) is 174 cm³/mol. The van der Waals surface area contributed by atoms with Gasteiger partial charge in [-0.1, -0.05) is 0 Å². The molecule has 0 bridgehead atoms. The molecule has 0 spiro atoms. The zero-order valence-corrected chi connectivity index (χ0v) is 29.0. The van der Waals surface area contributed by atoms with E-state index >= 15 is 0 Å². The fraction of sp³-hybridized carbons (Fsp3) is 0.588. The summed E-state index contributed by atoms with van der Waals surface area (Å²) in [6.45, 7) is 5.82. The largest absolute Gasteiger partial charge is 0.493 e. The van der Waals surface area contributed by atoms with Crippen molar-refractivity contribution in [3.8, 4) is 34.5 Å². The van der Waals surface area contributed by atoms with Crippen LogP contribution in [-0.4, -0.2) is 109 Å². The van der Waals surface area contributed by atoms with Crippen LogP contribution in [0.5, 0.6) is 34.5 Å². The van der Waals surface area contributed by atoms with E-state index in [1.54, 1.807) is 25.7 Å². The van der Waals surface area contributed by atoms with Gasteiger partial charge in [-0.25, -0.2) is 18.4 Å². The zero-order valence-electron chi connectivity index (χ0n) is 29.0. The van der Waals surface area contributed by atoms with Crippen molar-refractivity contribution in [1.82, 2.24) is 10.2 Å². The van der Waals surface area contributed by atoms with Crippen molar-refractivity contribution in [3.63, 3.8) is 0 Å². The average Bonchev–Trinajstić information content (AvgIpc) is 3.22. The van der Waals surface area contributed by atoms with E-state index in [2.05, 4.69) is 5.32 Å². The molecule has 1 N–H and O–H groups in total. The van der Waals surface area contributed by atoms with E-state index in [0.717, 1.165) is 0 Å². The second kappa shape index (κ2) is 17.4. The smallest absolute Gasteiger partial charge is 0.338 e. The number of hydrogen-bond donors (Lipinski definition) is 1. The van der Waals surface area contributed by atoms with Crippen molar-refractivity contribution in [1.29, 1.82) is 0 Å². The molecule has 1 unspecified atom stereocenters. The Morgan fingerprint density at radius 1 is 0.833 bits per heavy atom. The van der Waals surface area contributed by atoms with Gasteiger partial charge >= 0.3 is 11.9 Å². The van der Waals surface area contributed by atoms with Gasteiger partial charge in [0, 0.05) is 19.6 Å². The molecule has 1 saturated heterocycles.